The molecule has 0 spiro atoms. The van der Waals surface area contributed by atoms with E-state index in [1.165, 1.54) is 21.6 Å². The molecule has 5 rings (SSSR count). The number of fused-ring (bicyclic) bond motifs is 1. The Bertz CT molecular complexity index is 1180. The molecule has 2 aromatic carbocycles. The lowest BCUT2D eigenvalue weighted by Gasteiger charge is -2.40. The first kappa shape index (κ1) is 23.6. The number of amides is 3. The third kappa shape index (κ3) is 4.60. The molecular weight excluding hydrogens is 464 g/mol. The summed E-state index contributed by atoms with van der Waals surface area (Å²) < 4.78 is 0. The number of aryl methyl sites for hydroxylation is 2. The average molecular weight is 495 g/mol. The van der Waals surface area contributed by atoms with E-state index in [1.54, 1.807) is 7.05 Å². The van der Waals surface area contributed by atoms with E-state index in [1.807, 2.05) is 29.2 Å². The molecule has 3 heterocycles. The summed E-state index contributed by atoms with van der Waals surface area (Å²) in [6.45, 7) is 9.02. The molecule has 2 saturated heterocycles. The van der Waals surface area contributed by atoms with Crippen molar-refractivity contribution in [2.45, 2.75) is 39.1 Å². The summed E-state index contributed by atoms with van der Waals surface area (Å²) in [6.07, 6.45) is -0.554. The van der Waals surface area contributed by atoms with E-state index in [-0.39, 0.29) is 5.91 Å². The van der Waals surface area contributed by atoms with Gasteiger partial charge in [-0.05, 0) is 36.6 Å². The molecule has 3 aliphatic heterocycles. The summed E-state index contributed by atoms with van der Waals surface area (Å²) in [4.78, 5) is 38.3. The lowest BCUT2D eigenvalue weighted by Crippen LogP contribution is -2.64. The van der Waals surface area contributed by atoms with Crippen molar-refractivity contribution >= 4 is 29.5 Å². The van der Waals surface area contributed by atoms with Crippen LogP contribution in [0.25, 0.3) is 0 Å². The molecule has 0 aromatic heterocycles. The zero-order valence-corrected chi connectivity index (χ0v) is 21.1. The van der Waals surface area contributed by atoms with Gasteiger partial charge in [0.05, 0.1) is 0 Å². The van der Waals surface area contributed by atoms with Gasteiger partial charge in [0.2, 0.25) is 0 Å². The van der Waals surface area contributed by atoms with Crippen LogP contribution < -0.4 is 5.32 Å². The molecular formula is C26H31ClN6O2. The maximum absolute atomic E-state index is 12.9. The van der Waals surface area contributed by atoms with Crippen LogP contribution >= 0.6 is 11.6 Å². The van der Waals surface area contributed by atoms with Gasteiger partial charge in [-0.2, -0.15) is 0 Å². The molecule has 1 N–H and O–H groups in total. The number of rotatable bonds is 4. The zero-order valence-electron chi connectivity index (χ0n) is 20.4. The van der Waals surface area contributed by atoms with Gasteiger partial charge in [-0.3, -0.25) is 15.0 Å². The molecule has 0 aliphatic carbocycles. The van der Waals surface area contributed by atoms with Gasteiger partial charge in [0.25, 0.3) is 5.91 Å². The lowest BCUT2D eigenvalue weighted by molar-refractivity contribution is -0.127. The van der Waals surface area contributed by atoms with Gasteiger partial charge in [0.1, 0.15) is 0 Å². The Morgan fingerprint density at radius 3 is 2.49 bits per heavy atom. The molecule has 0 radical (unpaired) electrons. The fourth-order valence-electron chi connectivity index (χ4n) is 5.07. The molecule has 0 saturated carbocycles. The third-order valence-corrected chi connectivity index (χ3v) is 7.56. The predicted octanol–water partition coefficient (Wildman–Crippen LogP) is 2.82. The number of urea groups is 1. The summed E-state index contributed by atoms with van der Waals surface area (Å²) >= 11 is 6.47. The monoisotopic (exact) mass is 494 g/mol. The normalized spacial score (nSPS) is 22.9. The van der Waals surface area contributed by atoms with Crippen molar-refractivity contribution < 1.29 is 9.59 Å². The van der Waals surface area contributed by atoms with E-state index in [2.05, 4.69) is 47.2 Å². The van der Waals surface area contributed by atoms with E-state index in [9.17, 15) is 9.59 Å². The van der Waals surface area contributed by atoms with Gasteiger partial charge >= 0.3 is 6.03 Å². The van der Waals surface area contributed by atoms with E-state index in [0.717, 1.165) is 44.2 Å². The molecule has 3 amide bonds. The quantitative estimate of drug-likeness (QED) is 0.707. The highest BCUT2D eigenvalue weighted by Gasteiger charge is 2.50. The summed E-state index contributed by atoms with van der Waals surface area (Å²) in [5, 5.41) is 3.12. The van der Waals surface area contributed by atoms with Crippen molar-refractivity contribution in [1.29, 1.82) is 0 Å². The Kier molecular flexibility index (Phi) is 6.42. The minimum atomic E-state index is -0.586. The predicted molar refractivity (Wildman–Crippen MR) is 136 cm³/mol. The molecule has 0 bridgehead atoms. The molecule has 2 fully saturated rings. The van der Waals surface area contributed by atoms with E-state index in [0.29, 0.717) is 11.6 Å². The molecule has 2 unspecified atom stereocenters. The molecule has 2 aromatic rings. The number of guanidine groups is 1. The van der Waals surface area contributed by atoms with Gasteiger partial charge in [0, 0.05) is 51.3 Å². The minimum Gasteiger partial charge on any atom is -0.340 e. The number of halogens is 1. The highest BCUT2D eigenvalue weighted by molar-refractivity contribution is 6.31. The molecule has 8 nitrogen and oxygen atoms in total. The standard InChI is InChI=1S/C26H31ClN6O2/c1-17-8-9-18(2)20(14-17)15-31-10-12-32(13-11-31)25-28-23-22(24(34)29-26(35)30(23)3)33(25)16-19-6-4-5-7-21(19)27/h4-9,14,22-23H,10-13,15-16H2,1-3H3,(H,29,34,35). The van der Waals surface area contributed by atoms with Crippen LogP contribution in [-0.4, -0.2) is 82.9 Å². The smallest absolute Gasteiger partial charge is 0.325 e. The largest absolute Gasteiger partial charge is 0.340 e. The van der Waals surface area contributed by atoms with Gasteiger partial charge < -0.3 is 14.7 Å². The number of piperazine rings is 1. The van der Waals surface area contributed by atoms with Gasteiger partial charge in [0.15, 0.2) is 18.2 Å². The summed E-state index contributed by atoms with van der Waals surface area (Å²) in [5.74, 6) is 0.431. The fraction of sp³-hybridized carbons (Fsp3) is 0.423. The Balaban J connectivity index is 1.36. The number of aliphatic imine (C=N–C) groups is 1. The first-order valence-corrected chi connectivity index (χ1v) is 12.4. The molecule has 35 heavy (non-hydrogen) atoms. The fourth-order valence-corrected chi connectivity index (χ4v) is 5.27. The van der Waals surface area contributed by atoms with E-state index in [4.69, 9.17) is 16.6 Å². The minimum absolute atomic E-state index is 0.322. The van der Waals surface area contributed by atoms with Crippen LogP contribution in [0.4, 0.5) is 4.79 Å². The number of carbonyl (C=O) groups excluding carboxylic acids is 2. The maximum Gasteiger partial charge on any atom is 0.325 e. The third-order valence-electron chi connectivity index (χ3n) is 7.19. The topological polar surface area (TPSA) is 71.5 Å². The van der Waals surface area contributed by atoms with E-state index < -0.39 is 18.2 Å². The molecule has 3 aliphatic rings. The number of imide groups is 1. The van der Waals surface area contributed by atoms with Gasteiger partial charge in [-0.25, -0.2) is 9.79 Å². The summed E-state index contributed by atoms with van der Waals surface area (Å²) in [7, 11) is 1.68. The first-order chi connectivity index (χ1) is 16.8. The van der Waals surface area contributed by atoms with Gasteiger partial charge in [-0.1, -0.05) is 53.6 Å². The first-order valence-electron chi connectivity index (χ1n) is 12.0. The van der Waals surface area contributed by atoms with Crippen LogP contribution in [0.5, 0.6) is 0 Å². The van der Waals surface area contributed by atoms with Crippen LogP contribution in [0, 0.1) is 13.8 Å². The van der Waals surface area contributed by atoms with Crippen molar-refractivity contribution in [2.75, 3.05) is 33.2 Å². The number of benzene rings is 2. The van der Waals surface area contributed by atoms with Crippen molar-refractivity contribution in [2.24, 2.45) is 4.99 Å². The Morgan fingerprint density at radius 1 is 1.00 bits per heavy atom. The van der Waals surface area contributed by atoms with Crippen LogP contribution in [0.1, 0.15) is 22.3 Å². The molecule has 184 valence electrons. The number of nitrogens with one attached hydrogen (secondary N) is 1. The van der Waals surface area contributed by atoms with Crippen molar-refractivity contribution in [3.63, 3.8) is 0 Å². The van der Waals surface area contributed by atoms with Crippen LogP contribution in [-0.2, 0) is 17.9 Å². The van der Waals surface area contributed by atoms with Crippen molar-refractivity contribution in [1.82, 2.24) is 24.9 Å². The number of nitrogens with zero attached hydrogens (tertiary/aromatic N) is 5. The van der Waals surface area contributed by atoms with Crippen molar-refractivity contribution in [3.05, 3.63) is 69.7 Å². The van der Waals surface area contributed by atoms with Crippen LogP contribution in [0.3, 0.4) is 0 Å². The lowest BCUT2D eigenvalue weighted by atomic mass is 10.0. The Morgan fingerprint density at radius 2 is 1.74 bits per heavy atom. The summed E-state index contributed by atoms with van der Waals surface area (Å²) in [5.41, 5.74) is 4.87. The number of hydrogen-bond acceptors (Lipinski definition) is 6. The number of carbonyl (C=O) groups is 2. The number of likely N-dealkylation sites (N-methyl/N-ethyl adjacent to an activating group) is 1. The van der Waals surface area contributed by atoms with Crippen LogP contribution in [0.15, 0.2) is 47.5 Å². The zero-order chi connectivity index (χ0) is 24.7. The molecule has 2 atom stereocenters. The highest BCUT2D eigenvalue weighted by atomic mass is 35.5. The second-order valence-electron chi connectivity index (χ2n) is 9.61. The van der Waals surface area contributed by atoms with E-state index >= 15 is 0 Å². The second-order valence-corrected chi connectivity index (χ2v) is 10.0. The second kappa shape index (κ2) is 9.51. The van der Waals surface area contributed by atoms with Gasteiger partial charge in [-0.15, -0.1) is 0 Å². The van der Waals surface area contributed by atoms with Crippen LogP contribution in [0.2, 0.25) is 5.02 Å². The molecule has 9 heteroatoms. The summed E-state index contributed by atoms with van der Waals surface area (Å²) in [6, 6.07) is 13.2. The Hall–Kier alpha value is -3.10. The van der Waals surface area contributed by atoms with Crippen molar-refractivity contribution in [3.8, 4) is 0 Å². The maximum atomic E-state index is 12.9. The average Bonchev–Trinajstić information content (AvgIpc) is 3.22. The highest BCUT2D eigenvalue weighted by Crippen LogP contribution is 2.29. The number of hydrogen-bond donors (Lipinski definition) is 1. The SMILES string of the molecule is Cc1ccc(C)c(CN2CCN(C3=NC4C(C(=O)NC(=O)N4C)N3Cc3ccccc3Cl)CC2)c1. The Labute approximate surface area is 211 Å².